The molecule has 0 aliphatic carbocycles. The summed E-state index contributed by atoms with van der Waals surface area (Å²) < 4.78 is 1.94. The van der Waals surface area contributed by atoms with Gasteiger partial charge in [-0.15, -0.1) is 0 Å². The zero-order chi connectivity index (χ0) is 15.7. The predicted octanol–water partition coefficient (Wildman–Crippen LogP) is 4.56. The molecular formula is C17H15ClN2OS. The highest BCUT2D eigenvalue weighted by atomic mass is 35.5. The lowest BCUT2D eigenvalue weighted by molar-refractivity contribution is 0.0989. The fourth-order valence-corrected chi connectivity index (χ4v) is 3.86. The van der Waals surface area contributed by atoms with Crippen LogP contribution in [-0.2, 0) is 6.54 Å². The molecule has 0 bridgehead atoms. The average molecular weight is 331 g/mol. The average Bonchev–Trinajstić information content (AvgIpc) is 2.81. The molecule has 3 aromatic rings. The van der Waals surface area contributed by atoms with Crippen molar-refractivity contribution in [3.63, 3.8) is 0 Å². The van der Waals surface area contributed by atoms with E-state index in [1.54, 1.807) is 0 Å². The lowest BCUT2D eigenvalue weighted by Gasteiger charge is -2.06. The van der Waals surface area contributed by atoms with Gasteiger partial charge in [0.1, 0.15) is 5.69 Å². The summed E-state index contributed by atoms with van der Waals surface area (Å²) in [5, 5.41) is 1.60. The SMILES string of the molecule is CCn1c(C(N)=O)c(Sc2ccccc2)c2cc(Cl)ccc21. The van der Waals surface area contributed by atoms with E-state index < -0.39 is 5.91 Å². The first-order valence-corrected chi connectivity index (χ1v) is 8.15. The fraction of sp³-hybridized carbons (Fsp3) is 0.118. The Labute approximate surface area is 138 Å². The number of hydrogen-bond acceptors (Lipinski definition) is 2. The van der Waals surface area contributed by atoms with Gasteiger partial charge in [0.15, 0.2) is 0 Å². The topological polar surface area (TPSA) is 48.0 Å². The van der Waals surface area contributed by atoms with Crippen molar-refractivity contribution in [3.05, 3.63) is 59.2 Å². The van der Waals surface area contributed by atoms with Gasteiger partial charge in [-0.05, 0) is 37.3 Å². The third kappa shape index (κ3) is 2.60. The summed E-state index contributed by atoms with van der Waals surface area (Å²) in [6.07, 6.45) is 0. The van der Waals surface area contributed by atoms with E-state index in [4.69, 9.17) is 17.3 Å². The van der Waals surface area contributed by atoms with Crippen molar-refractivity contribution in [1.82, 2.24) is 4.57 Å². The number of amides is 1. The molecule has 3 rings (SSSR count). The Morgan fingerprint density at radius 1 is 1.23 bits per heavy atom. The molecule has 5 heteroatoms. The standard InChI is InChI=1S/C17H15ClN2OS/c1-2-20-14-9-8-11(18)10-13(14)16(15(20)17(19)21)22-12-6-4-3-5-7-12/h3-10H,2H2,1H3,(H2,19,21). The summed E-state index contributed by atoms with van der Waals surface area (Å²) in [4.78, 5) is 13.9. The maximum absolute atomic E-state index is 12.0. The first-order valence-electron chi connectivity index (χ1n) is 6.96. The number of nitrogens with zero attached hydrogens (tertiary/aromatic N) is 1. The van der Waals surface area contributed by atoms with Crippen LogP contribution in [0, 0.1) is 0 Å². The minimum Gasteiger partial charge on any atom is -0.364 e. The number of aromatic nitrogens is 1. The van der Waals surface area contributed by atoms with Crippen LogP contribution < -0.4 is 5.73 Å². The van der Waals surface area contributed by atoms with Gasteiger partial charge in [0.2, 0.25) is 0 Å². The molecule has 0 atom stereocenters. The lowest BCUT2D eigenvalue weighted by atomic mass is 10.2. The molecule has 0 aliphatic heterocycles. The second kappa shape index (κ2) is 6.07. The number of carbonyl (C=O) groups is 1. The molecule has 1 amide bonds. The molecule has 1 heterocycles. The minimum absolute atomic E-state index is 0.424. The Kier molecular flexibility index (Phi) is 4.14. The zero-order valence-corrected chi connectivity index (χ0v) is 13.6. The van der Waals surface area contributed by atoms with Crippen LogP contribution in [0.25, 0.3) is 10.9 Å². The number of hydrogen-bond donors (Lipinski definition) is 1. The van der Waals surface area contributed by atoms with Crippen LogP contribution in [-0.4, -0.2) is 10.5 Å². The maximum atomic E-state index is 12.0. The Morgan fingerprint density at radius 2 is 1.95 bits per heavy atom. The van der Waals surface area contributed by atoms with E-state index >= 15 is 0 Å². The Morgan fingerprint density at radius 3 is 2.59 bits per heavy atom. The monoisotopic (exact) mass is 330 g/mol. The summed E-state index contributed by atoms with van der Waals surface area (Å²) in [5.41, 5.74) is 7.15. The highest BCUT2D eigenvalue weighted by molar-refractivity contribution is 7.99. The number of fused-ring (bicyclic) bond motifs is 1. The number of aryl methyl sites for hydroxylation is 1. The number of primary amides is 1. The van der Waals surface area contributed by atoms with Crippen LogP contribution >= 0.6 is 23.4 Å². The van der Waals surface area contributed by atoms with Gasteiger partial charge in [0.05, 0.1) is 4.90 Å². The highest BCUT2D eigenvalue weighted by Gasteiger charge is 2.21. The van der Waals surface area contributed by atoms with Gasteiger partial charge in [-0.25, -0.2) is 0 Å². The van der Waals surface area contributed by atoms with Crippen molar-refractivity contribution in [2.45, 2.75) is 23.3 Å². The number of carbonyl (C=O) groups excluding carboxylic acids is 1. The molecule has 0 saturated carbocycles. The van der Waals surface area contributed by atoms with Crippen LogP contribution in [0.4, 0.5) is 0 Å². The number of nitrogens with two attached hydrogens (primary N) is 1. The van der Waals surface area contributed by atoms with E-state index in [1.165, 1.54) is 11.8 Å². The molecular weight excluding hydrogens is 316 g/mol. The van der Waals surface area contributed by atoms with E-state index in [2.05, 4.69) is 0 Å². The normalized spacial score (nSPS) is 11.0. The first kappa shape index (κ1) is 15.0. The summed E-state index contributed by atoms with van der Waals surface area (Å²) >= 11 is 7.68. The molecule has 0 fully saturated rings. The molecule has 2 aromatic carbocycles. The largest absolute Gasteiger partial charge is 0.364 e. The zero-order valence-electron chi connectivity index (χ0n) is 12.0. The second-order valence-electron chi connectivity index (χ2n) is 4.86. The van der Waals surface area contributed by atoms with Gasteiger partial charge in [0.25, 0.3) is 5.91 Å². The lowest BCUT2D eigenvalue weighted by Crippen LogP contribution is -2.17. The third-order valence-electron chi connectivity index (χ3n) is 3.49. The van der Waals surface area contributed by atoms with E-state index in [0.29, 0.717) is 17.3 Å². The minimum atomic E-state index is -0.424. The van der Waals surface area contributed by atoms with Gasteiger partial charge in [-0.1, -0.05) is 41.6 Å². The van der Waals surface area contributed by atoms with Crippen molar-refractivity contribution in [1.29, 1.82) is 0 Å². The van der Waals surface area contributed by atoms with E-state index in [0.717, 1.165) is 20.7 Å². The molecule has 0 radical (unpaired) electrons. The van der Waals surface area contributed by atoms with Gasteiger partial charge < -0.3 is 10.3 Å². The third-order valence-corrected chi connectivity index (χ3v) is 4.85. The van der Waals surface area contributed by atoms with E-state index in [1.807, 2.05) is 60.0 Å². The van der Waals surface area contributed by atoms with Crippen LogP contribution in [0.1, 0.15) is 17.4 Å². The maximum Gasteiger partial charge on any atom is 0.266 e. The predicted molar refractivity (Wildman–Crippen MR) is 91.7 cm³/mol. The fourth-order valence-electron chi connectivity index (χ4n) is 2.58. The van der Waals surface area contributed by atoms with Crippen LogP contribution in [0.5, 0.6) is 0 Å². The Hall–Kier alpha value is -1.91. The molecule has 112 valence electrons. The summed E-state index contributed by atoms with van der Waals surface area (Å²) in [5.74, 6) is -0.424. The van der Waals surface area contributed by atoms with Crippen LogP contribution in [0.3, 0.4) is 0 Å². The second-order valence-corrected chi connectivity index (χ2v) is 6.38. The summed E-state index contributed by atoms with van der Waals surface area (Å²) in [6.45, 7) is 2.67. The molecule has 0 saturated heterocycles. The van der Waals surface area contributed by atoms with Gasteiger partial charge >= 0.3 is 0 Å². The van der Waals surface area contributed by atoms with Crippen LogP contribution in [0.15, 0.2) is 58.3 Å². The molecule has 0 unspecified atom stereocenters. The molecule has 0 spiro atoms. The molecule has 2 N–H and O–H groups in total. The van der Waals surface area contributed by atoms with E-state index in [-0.39, 0.29) is 0 Å². The highest BCUT2D eigenvalue weighted by Crippen LogP contribution is 2.39. The van der Waals surface area contributed by atoms with Crippen molar-refractivity contribution in [2.75, 3.05) is 0 Å². The molecule has 3 nitrogen and oxygen atoms in total. The van der Waals surface area contributed by atoms with Gasteiger partial charge in [0, 0.05) is 27.4 Å². The molecule has 0 aliphatic rings. The van der Waals surface area contributed by atoms with Gasteiger partial charge in [-0.2, -0.15) is 0 Å². The van der Waals surface area contributed by atoms with Gasteiger partial charge in [-0.3, -0.25) is 4.79 Å². The van der Waals surface area contributed by atoms with E-state index in [9.17, 15) is 4.79 Å². The first-order chi connectivity index (χ1) is 10.6. The van der Waals surface area contributed by atoms with Crippen molar-refractivity contribution in [2.24, 2.45) is 5.73 Å². The number of halogens is 1. The van der Waals surface area contributed by atoms with Crippen LogP contribution in [0.2, 0.25) is 5.02 Å². The van der Waals surface area contributed by atoms with Crippen molar-refractivity contribution >= 4 is 40.2 Å². The van der Waals surface area contributed by atoms with Crippen molar-refractivity contribution in [3.8, 4) is 0 Å². The smallest absolute Gasteiger partial charge is 0.266 e. The number of benzene rings is 2. The molecule has 1 aromatic heterocycles. The summed E-state index contributed by atoms with van der Waals surface area (Å²) in [7, 11) is 0. The summed E-state index contributed by atoms with van der Waals surface area (Å²) in [6, 6.07) is 15.6. The molecule has 22 heavy (non-hydrogen) atoms. The Balaban J connectivity index is 2.28. The van der Waals surface area contributed by atoms with Crippen molar-refractivity contribution < 1.29 is 4.79 Å². The Bertz CT molecular complexity index is 843. The quantitative estimate of drug-likeness (QED) is 0.762. The number of rotatable bonds is 4.